The lowest BCUT2D eigenvalue weighted by atomic mass is 10.1. The van der Waals surface area contributed by atoms with Crippen molar-refractivity contribution >= 4 is 17.9 Å². The summed E-state index contributed by atoms with van der Waals surface area (Å²) in [5.41, 5.74) is 8.62. The predicted molar refractivity (Wildman–Crippen MR) is 114 cm³/mol. The molecule has 0 atom stereocenters. The van der Waals surface area contributed by atoms with Crippen LogP contribution in [0.3, 0.4) is 0 Å². The van der Waals surface area contributed by atoms with Gasteiger partial charge in [-0.1, -0.05) is 78.4 Å². The Morgan fingerprint density at radius 2 is 1.55 bits per heavy atom. The molecule has 0 fully saturated rings. The number of carbonyl (C=O) groups excluding carboxylic acids is 2. The van der Waals surface area contributed by atoms with E-state index in [2.05, 4.69) is 10.9 Å². The van der Waals surface area contributed by atoms with Crippen LogP contribution < -0.4 is 15.6 Å². The van der Waals surface area contributed by atoms with Crippen LogP contribution in [0.5, 0.6) is 5.75 Å². The number of aryl methyl sites for hydroxylation is 1. The molecule has 0 aliphatic carbocycles. The minimum atomic E-state index is -0.454. The molecule has 3 rings (SSSR count). The number of nitrogens with one attached hydrogen (secondary N) is 2. The van der Waals surface area contributed by atoms with Gasteiger partial charge in [-0.2, -0.15) is 0 Å². The fourth-order valence-corrected chi connectivity index (χ4v) is 2.65. The summed E-state index contributed by atoms with van der Waals surface area (Å²) >= 11 is 0. The third kappa shape index (κ3) is 6.07. The molecule has 146 valence electrons. The van der Waals surface area contributed by atoms with Gasteiger partial charge in [0.25, 0.3) is 11.8 Å². The van der Waals surface area contributed by atoms with E-state index in [0.29, 0.717) is 5.75 Å². The minimum Gasteiger partial charge on any atom is -0.483 e. The Balaban J connectivity index is 1.49. The van der Waals surface area contributed by atoms with Gasteiger partial charge in [0, 0.05) is 11.6 Å². The summed E-state index contributed by atoms with van der Waals surface area (Å²) in [6, 6.07) is 25.0. The van der Waals surface area contributed by atoms with E-state index in [1.54, 1.807) is 12.1 Å². The number of hydrogen-bond donors (Lipinski definition) is 2. The van der Waals surface area contributed by atoms with Crippen molar-refractivity contribution in [3.8, 4) is 16.9 Å². The number of rotatable bonds is 6. The molecular weight excluding hydrogens is 364 g/mol. The summed E-state index contributed by atoms with van der Waals surface area (Å²) in [6.07, 6.45) is 3.03. The number of ether oxygens (including phenoxy) is 1. The monoisotopic (exact) mass is 386 g/mol. The number of amides is 2. The fraction of sp³-hybridized carbons (Fsp3) is 0.0833. The fourth-order valence-electron chi connectivity index (χ4n) is 2.65. The molecule has 3 aromatic rings. The molecule has 0 heterocycles. The van der Waals surface area contributed by atoms with E-state index >= 15 is 0 Å². The Labute approximate surface area is 170 Å². The summed E-state index contributed by atoms with van der Waals surface area (Å²) in [5, 5.41) is 0. The van der Waals surface area contributed by atoms with Crippen LogP contribution in [0.15, 0.2) is 84.9 Å². The van der Waals surface area contributed by atoms with Crippen LogP contribution in [0, 0.1) is 6.92 Å². The molecular formula is C24H22N2O3. The zero-order chi connectivity index (χ0) is 20.5. The summed E-state index contributed by atoms with van der Waals surface area (Å²) in [5.74, 6) is -0.284. The number of hydrazine groups is 1. The van der Waals surface area contributed by atoms with E-state index in [-0.39, 0.29) is 6.61 Å². The van der Waals surface area contributed by atoms with Crippen molar-refractivity contribution in [2.75, 3.05) is 6.61 Å². The van der Waals surface area contributed by atoms with E-state index in [9.17, 15) is 9.59 Å². The van der Waals surface area contributed by atoms with Crippen LogP contribution in [0.4, 0.5) is 0 Å². The van der Waals surface area contributed by atoms with Crippen molar-refractivity contribution in [2.24, 2.45) is 0 Å². The van der Waals surface area contributed by atoms with Crippen LogP contribution in [0.1, 0.15) is 11.1 Å². The van der Waals surface area contributed by atoms with Crippen LogP contribution in [0.25, 0.3) is 17.2 Å². The van der Waals surface area contributed by atoms with Gasteiger partial charge < -0.3 is 4.74 Å². The molecule has 0 radical (unpaired) electrons. The molecule has 0 spiro atoms. The van der Waals surface area contributed by atoms with Gasteiger partial charge >= 0.3 is 0 Å². The van der Waals surface area contributed by atoms with Gasteiger partial charge in [0.2, 0.25) is 0 Å². The molecule has 0 bridgehead atoms. The standard InChI is InChI=1S/C24H22N2O3/c1-18-11-13-19(14-12-18)15-16-23(27)25-26-24(28)17-29-22-10-6-5-9-21(22)20-7-3-2-4-8-20/h2-16H,17H2,1H3,(H,25,27)(H,26,28). The summed E-state index contributed by atoms with van der Waals surface area (Å²) in [7, 11) is 0. The van der Waals surface area contributed by atoms with E-state index in [1.165, 1.54) is 6.08 Å². The quantitative estimate of drug-likeness (QED) is 0.499. The zero-order valence-electron chi connectivity index (χ0n) is 16.1. The maximum absolute atomic E-state index is 12.0. The molecule has 2 amide bonds. The molecule has 2 N–H and O–H groups in total. The molecule has 0 saturated heterocycles. The van der Waals surface area contributed by atoms with Crippen molar-refractivity contribution in [3.63, 3.8) is 0 Å². The number of hydrogen-bond acceptors (Lipinski definition) is 3. The highest BCUT2D eigenvalue weighted by Crippen LogP contribution is 2.29. The average Bonchev–Trinajstić information content (AvgIpc) is 2.76. The molecule has 29 heavy (non-hydrogen) atoms. The lowest BCUT2D eigenvalue weighted by Crippen LogP contribution is -2.43. The third-order valence-electron chi connectivity index (χ3n) is 4.16. The molecule has 0 unspecified atom stereocenters. The minimum absolute atomic E-state index is 0.216. The van der Waals surface area contributed by atoms with E-state index in [4.69, 9.17) is 4.74 Å². The molecule has 5 heteroatoms. The first-order valence-corrected chi connectivity index (χ1v) is 9.22. The molecule has 0 saturated carbocycles. The SMILES string of the molecule is Cc1ccc(C=CC(=O)NNC(=O)COc2ccccc2-c2ccccc2)cc1. The number of carbonyl (C=O) groups is 2. The van der Waals surface area contributed by atoms with Crippen molar-refractivity contribution < 1.29 is 14.3 Å². The first-order valence-electron chi connectivity index (χ1n) is 9.22. The molecule has 5 nitrogen and oxygen atoms in total. The predicted octanol–water partition coefficient (Wildman–Crippen LogP) is 3.90. The third-order valence-corrected chi connectivity index (χ3v) is 4.16. The Morgan fingerprint density at radius 3 is 2.31 bits per heavy atom. The summed E-state index contributed by atoms with van der Waals surface area (Å²) in [4.78, 5) is 23.9. The topological polar surface area (TPSA) is 67.4 Å². The van der Waals surface area contributed by atoms with Crippen molar-refractivity contribution in [1.29, 1.82) is 0 Å². The Hall–Kier alpha value is -3.86. The van der Waals surface area contributed by atoms with Crippen LogP contribution in [-0.2, 0) is 9.59 Å². The first kappa shape index (κ1) is 19.9. The number of para-hydroxylation sites is 1. The first-order chi connectivity index (χ1) is 14.1. The number of benzene rings is 3. The largest absolute Gasteiger partial charge is 0.483 e. The lowest BCUT2D eigenvalue weighted by Gasteiger charge is -2.12. The second-order valence-corrected chi connectivity index (χ2v) is 6.43. The average molecular weight is 386 g/mol. The van der Waals surface area contributed by atoms with Gasteiger partial charge in [-0.05, 0) is 30.2 Å². The van der Waals surface area contributed by atoms with Gasteiger partial charge in [0.1, 0.15) is 5.75 Å². The Morgan fingerprint density at radius 1 is 0.862 bits per heavy atom. The van der Waals surface area contributed by atoms with Crippen LogP contribution in [-0.4, -0.2) is 18.4 Å². The van der Waals surface area contributed by atoms with Gasteiger partial charge in [0.05, 0.1) is 0 Å². The van der Waals surface area contributed by atoms with Crippen molar-refractivity contribution in [3.05, 3.63) is 96.1 Å². The zero-order valence-corrected chi connectivity index (χ0v) is 16.1. The van der Waals surface area contributed by atoms with Gasteiger partial charge in [0.15, 0.2) is 6.61 Å². The second kappa shape index (κ2) is 9.90. The van der Waals surface area contributed by atoms with E-state index in [1.807, 2.05) is 79.7 Å². The van der Waals surface area contributed by atoms with Gasteiger partial charge in [-0.15, -0.1) is 0 Å². The molecule has 0 aromatic heterocycles. The van der Waals surface area contributed by atoms with E-state index in [0.717, 1.165) is 22.3 Å². The maximum atomic E-state index is 12.0. The molecule has 0 aliphatic heterocycles. The summed E-state index contributed by atoms with van der Waals surface area (Å²) < 4.78 is 5.64. The maximum Gasteiger partial charge on any atom is 0.276 e. The normalized spacial score (nSPS) is 10.5. The van der Waals surface area contributed by atoms with Crippen LogP contribution in [0.2, 0.25) is 0 Å². The van der Waals surface area contributed by atoms with Crippen molar-refractivity contribution in [2.45, 2.75) is 6.92 Å². The lowest BCUT2D eigenvalue weighted by molar-refractivity contribution is -0.128. The molecule has 3 aromatic carbocycles. The second-order valence-electron chi connectivity index (χ2n) is 6.43. The highest BCUT2D eigenvalue weighted by Gasteiger charge is 2.08. The smallest absolute Gasteiger partial charge is 0.276 e. The Kier molecular flexibility index (Phi) is 6.79. The van der Waals surface area contributed by atoms with Crippen molar-refractivity contribution in [1.82, 2.24) is 10.9 Å². The van der Waals surface area contributed by atoms with Gasteiger partial charge in [-0.3, -0.25) is 20.4 Å². The van der Waals surface area contributed by atoms with Crippen LogP contribution >= 0.6 is 0 Å². The highest BCUT2D eigenvalue weighted by atomic mass is 16.5. The highest BCUT2D eigenvalue weighted by molar-refractivity contribution is 5.93. The molecule has 0 aliphatic rings. The Bertz CT molecular complexity index is 996. The van der Waals surface area contributed by atoms with E-state index < -0.39 is 11.8 Å². The van der Waals surface area contributed by atoms with Gasteiger partial charge in [-0.25, -0.2) is 0 Å². The summed E-state index contributed by atoms with van der Waals surface area (Å²) in [6.45, 7) is 1.78.